The van der Waals surface area contributed by atoms with Gasteiger partial charge in [-0.25, -0.2) is 0 Å². The van der Waals surface area contributed by atoms with Crippen molar-refractivity contribution in [2.75, 3.05) is 13.2 Å². The van der Waals surface area contributed by atoms with E-state index in [0.29, 0.717) is 5.58 Å². The fourth-order valence-electron chi connectivity index (χ4n) is 1.63. The normalized spacial score (nSPS) is 12.0. The van der Waals surface area contributed by atoms with Gasteiger partial charge in [0.1, 0.15) is 18.8 Å². The number of hydrogen-bond donors (Lipinski definition) is 0. The fraction of sp³-hybridized carbons (Fsp3) is 0.308. The summed E-state index contributed by atoms with van der Waals surface area (Å²) in [5.41, 5.74) is 1.52. The van der Waals surface area contributed by atoms with E-state index in [0.717, 1.165) is 10.9 Å². The molecule has 0 saturated heterocycles. The molecule has 19 heavy (non-hydrogen) atoms. The van der Waals surface area contributed by atoms with E-state index in [4.69, 9.17) is 4.42 Å². The predicted molar refractivity (Wildman–Crippen MR) is 62.2 cm³/mol. The maximum Gasteiger partial charge on any atom is 0.411 e. The quantitative estimate of drug-likeness (QED) is 0.800. The summed E-state index contributed by atoms with van der Waals surface area (Å²) in [7, 11) is 0. The number of fused-ring (bicyclic) bond motifs is 1. The number of rotatable bonds is 4. The summed E-state index contributed by atoms with van der Waals surface area (Å²) in [5.74, 6) is -0.610. The molecule has 0 unspecified atom stereocenters. The minimum absolute atomic E-state index is 0.00257. The molecule has 3 nitrogen and oxygen atoms in total. The SMILES string of the molecule is Cc1ccc2oc(C(=O)COCC(F)(F)F)cc2c1. The lowest BCUT2D eigenvalue weighted by Crippen LogP contribution is -2.20. The van der Waals surface area contributed by atoms with Gasteiger partial charge in [-0.2, -0.15) is 13.2 Å². The molecule has 0 spiro atoms. The van der Waals surface area contributed by atoms with E-state index in [1.807, 2.05) is 19.1 Å². The van der Waals surface area contributed by atoms with E-state index in [1.165, 1.54) is 6.07 Å². The first-order chi connectivity index (χ1) is 8.85. The van der Waals surface area contributed by atoms with Crippen LogP contribution in [0, 0.1) is 6.92 Å². The van der Waals surface area contributed by atoms with Crippen molar-refractivity contribution in [3.8, 4) is 0 Å². The van der Waals surface area contributed by atoms with Crippen molar-refractivity contribution < 1.29 is 27.1 Å². The number of alkyl halides is 3. The highest BCUT2D eigenvalue weighted by atomic mass is 19.4. The van der Waals surface area contributed by atoms with Gasteiger partial charge in [-0.3, -0.25) is 4.79 Å². The molecule has 0 fully saturated rings. The second-order valence-electron chi connectivity index (χ2n) is 4.18. The van der Waals surface area contributed by atoms with Gasteiger partial charge in [-0.15, -0.1) is 0 Å². The van der Waals surface area contributed by atoms with Gasteiger partial charge in [0.25, 0.3) is 0 Å². The fourth-order valence-corrected chi connectivity index (χ4v) is 1.63. The number of hydrogen-bond acceptors (Lipinski definition) is 3. The molecule has 0 bridgehead atoms. The first-order valence-electron chi connectivity index (χ1n) is 5.53. The molecular formula is C13H11F3O3. The van der Waals surface area contributed by atoms with Crippen molar-refractivity contribution >= 4 is 16.8 Å². The lowest BCUT2D eigenvalue weighted by atomic mass is 10.2. The number of carbonyl (C=O) groups is 1. The topological polar surface area (TPSA) is 39.4 Å². The van der Waals surface area contributed by atoms with Gasteiger partial charge in [0.2, 0.25) is 5.78 Å². The van der Waals surface area contributed by atoms with Crippen molar-refractivity contribution in [2.45, 2.75) is 13.1 Å². The summed E-state index contributed by atoms with van der Waals surface area (Å²) in [5, 5.41) is 0.735. The molecule has 1 heterocycles. The molecule has 0 radical (unpaired) electrons. The van der Waals surface area contributed by atoms with Crippen LogP contribution >= 0.6 is 0 Å². The average Bonchev–Trinajstić information content (AvgIpc) is 2.70. The van der Waals surface area contributed by atoms with Gasteiger partial charge >= 0.3 is 6.18 Å². The van der Waals surface area contributed by atoms with Crippen molar-refractivity contribution in [2.24, 2.45) is 0 Å². The van der Waals surface area contributed by atoms with Crippen LogP contribution in [-0.2, 0) is 4.74 Å². The first-order valence-corrected chi connectivity index (χ1v) is 5.53. The van der Waals surface area contributed by atoms with E-state index in [2.05, 4.69) is 4.74 Å². The van der Waals surface area contributed by atoms with Gasteiger partial charge in [0.15, 0.2) is 5.76 Å². The van der Waals surface area contributed by atoms with Crippen molar-refractivity contribution in [1.29, 1.82) is 0 Å². The zero-order chi connectivity index (χ0) is 14.0. The zero-order valence-electron chi connectivity index (χ0n) is 10.1. The maximum absolute atomic E-state index is 11.9. The number of ketones is 1. The molecule has 6 heteroatoms. The van der Waals surface area contributed by atoms with Crippen LogP contribution in [0.25, 0.3) is 11.0 Å². The summed E-state index contributed by atoms with van der Waals surface area (Å²) < 4.78 is 45.1. The Morgan fingerprint density at radius 3 is 2.74 bits per heavy atom. The van der Waals surface area contributed by atoms with Gasteiger partial charge in [0, 0.05) is 5.39 Å². The van der Waals surface area contributed by atoms with Gasteiger partial charge in [0.05, 0.1) is 0 Å². The van der Waals surface area contributed by atoms with Gasteiger partial charge in [-0.05, 0) is 25.1 Å². The Morgan fingerprint density at radius 1 is 1.32 bits per heavy atom. The Bertz CT molecular complexity index is 599. The Labute approximate surface area is 107 Å². The highest BCUT2D eigenvalue weighted by Gasteiger charge is 2.28. The molecule has 0 N–H and O–H groups in total. The summed E-state index contributed by atoms with van der Waals surface area (Å²) in [6, 6.07) is 6.85. The van der Waals surface area contributed by atoms with Crippen molar-refractivity contribution in [3.05, 3.63) is 35.6 Å². The Kier molecular flexibility index (Phi) is 3.61. The molecule has 1 aromatic carbocycles. The minimum Gasteiger partial charge on any atom is -0.453 e. The van der Waals surface area contributed by atoms with E-state index in [1.54, 1.807) is 6.07 Å². The lowest BCUT2D eigenvalue weighted by Gasteiger charge is -2.05. The van der Waals surface area contributed by atoms with Gasteiger partial charge < -0.3 is 9.15 Å². The lowest BCUT2D eigenvalue weighted by molar-refractivity contribution is -0.171. The Morgan fingerprint density at radius 2 is 2.05 bits per heavy atom. The average molecular weight is 272 g/mol. The molecule has 102 valence electrons. The summed E-state index contributed by atoms with van der Waals surface area (Å²) in [6.45, 7) is -0.212. The predicted octanol–water partition coefficient (Wildman–Crippen LogP) is 3.50. The van der Waals surface area contributed by atoms with Crippen LogP contribution < -0.4 is 0 Å². The number of Topliss-reactive ketones (excluding diaryl/α,β-unsaturated/α-hetero) is 1. The highest BCUT2D eigenvalue weighted by molar-refractivity contribution is 5.98. The largest absolute Gasteiger partial charge is 0.453 e. The molecule has 0 aliphatic rings. The van der Waals surface area contributed by atoms with Crippen LogP contribution in [0.4, 0.5) is 13.2 Å². The highest BCUT2D eigenvalue weighted by Crippen LogP contribution is 2.21. The van der Waals surface area contributed by atoms with Crippen LogP contribution in [0.5, 0.6) is 0 Å². The molecule has 2 rings (SSSR count). The van der Waals surface area contributed by atoms with Crippen LogP contribution in [0.15, 0.2) is 28.7 Å². The van der Waals surface area contributed by atoms with Crippen LogP contribution in [0.3, 0.4) is 0 Å². The smallest absolute Gasteiger partial charge is 0.411 e. The van der Waals surface area contributed by atoms with Crippen LogP contribution in [0.1, 0.15) is 16.1 Å². The zero-order valence-corrected chi connectivity index (χ0v) is 10.1. The van der Waals surface area contributed by atoms with E-state index >= 15 is 0 Å². The minimum atomic E-state index is -4.44. The monoisotopic (exact) mass is 272 g/mol. The number of benzene rings is 1. The number of ether oxygens (including phenoxy) is 1. The molecule has 0 saturated carbocycles. The summed E-state index contributed by atoms with van der Waals surface area (Å²) in [4.78, 5) is 11.6. The molecule has 0 atom stereocenters. The molecule has 0 amide bonds. The molecular weight excluding hydrogens is 261 g/mol. The maximum atomic E-state index is 11.9. The van der Waals surface area contributed by atoms with Crippen LogP contribution in [-0.4, -0.2) is 25.2 Å². The second-order valence-corrected chi connectivity index (χ2v) is 4.18. The third kappa shape index (κ3) is 3.57. The number of halogens is 3. The summed E-state index contributed by atoms with van der Waals surface area (Å²) in [6.07, 6.45) is -4.44. The number of carbonyl (C=O) groups excluding carboxylic acids is 1. The van der Waals surface area contributed by atoms with Gasteiger partial charge in [-0.1, -0.05) is 11.6 Å². The number of furan rings is 1. The Hall–Kier alpha value is -1.82. The first kappa shape index (κ1) is 13.6. The standard InChI is InChI=1S/C13H11F3O3/c1-8-2-3-11-9(4-8)5-12(19-11)10(17)6-18-7-13(14,15)16/h2-5H,6-7H2,1H3. The third-order valence-electron chi connectivity index (χ3n) is 2.45. The van der Waals surface area contributed by atoms with Crippen LogP contribution in [0.2, 0.25) is 0 Å². The molecule has 0 aliphatic heterocycles. The second kappa shape index (κ2) is 5.05. The molecule has 1 aromatic heterocycles. The van der Waals surface area contributed by atoms with E-state index in [9.17, 15) is 18.0 Å². The third-order valence-corrected chi connectivity index (χ3v) is 2.45. The Balaban J connectivity index is 2.05. The summed E-state index contributed by atoms with van der Waals surface area (Å²) >= 11 is 0. The molecule has 2 aromatic rings. The van der Waals surface area contributed by atoms with E-state index < -0.39 is 25.2 Å². The van der Waals surface area contributed by atoms with E-state index in [-0.39, 0.29) is 5.76 Å². The molecule has 0 aliphatic carbocycles. The van der Waals surface area contributed by atoms with Crippen molar-refractivity contribution in [3.63, 3.8) is 0 Å². The van der Waals surface area contributed by atoms with Crippen molar-refractivity contribution in [1.82, 2.24) is 0 Å². The number of aryl methyl sites for hydroxylation is 1.